The molecular weight excluding hydrogens is 292 g/mol. The van der Waals surface area contributed by atoms with Gasteiger partial charge in [0, 0.05) is 0 Å². The Bertz CT molecular complexity index is 691. The van der Waals surface area contributed by atoms with Gasteiger partial charge in [-0.1, -0.05) is 49.2 Å². The van der Waals surface area contributed by atoms with Crippen molar-refractivity contribution in [2.45, 2.75) is 13.3 Å². The van der Waals surface area contributed by atoms with Crippen molar-refractivity contribution in [2.75, 3.05) is 0 Å². The van der Waals surface area contributed by atoms with Crippen LogP contribution in [0.25, 0.3) is 5.57 Å². The molecule has 2 rings (SSSR count). The van der Waals surface area contributed by atoms with E-state index in [0.717, 1.165) is 6.42 Å². The normalized spacial score (nSPS) is 12.1. The summed E-state index contributed by atoms with van der Waals surface area (Å²) in [6.07, 6.45) is 7.75. The molecule has 0 spiro atoms. The summed E-state index contributed by atoms with van der Waals surface area (Å²) in [4.78, 5) is 28.1. The molecule has 0 N–H and O–H groups in total. The molecular formula is C16H13CrO3-. The van der Waals surface area contributed by atoms with E-state index < -0.39 is 12.8 Å². The monoisotopic (exact) mass is 305 g/mol. The van der Waals surface area contributed by atoms with Crippen LogP contribution in [0.3, 0.4) is 0 Å². The van der Waals surface area contributed by atoms with Crippen molar-refractivity contribution in [3.63, 3.8) is 0 Å². The average molecular weight is 305 g/mol. The van der Waals surface area contributed by atoms with Crippen molar-refractivity contribution >= 4 is 19.8 Å². The van der Waals surface area contributed by atoms with E-state index in [9.17, 15) is 14.4 Å². The van der Waals surface area contributed by atoms with Crippen LogP contribution >= 0.6 is 0 Å². The molecule has 0 aliphatic heterocycles. The van der Waals surface area contributed by atoms with Crippen LogP contribution < -0.4 is 0 Å². The quantitative estimate of drug-likeness (QED) is 0.749. The zero-order chi connectivity index (χ0) is 14.8. The summed E-state index contributed by atoms with van der Waals surface area (Å²) in [6.45, 7) is 2.16. The Morgan fingerprint density at radius 1 is 1.05 bits per heavy atom. The molecule has 20 heavy (non-hydrogen) atoms. The third-order valence-electron chi connectivity index (χ3n) is 2.55. The van der Waals surface area contributed by atoms with E-state index >= 15 is 0 Å². The predicted octanol–water partition coefficient (Wildman–Crippen LogP) is 2.43. The van der Waals surface area contributed by atoms with E-state index in [1.165, 1.54) is 31.0 Å². The molecule has 0 unspecified atom stereocenters. The maximum atomic E-state index is 9.37. The summed E-state index contributed by atoms with van der Waals surface area (Å²) in [5.41, 5.74) is 4.08. The molecule has 3 nitrogen and oxygen atoms in total. The van der Waals surface area contributed by atoms with E-state index in [2.05, 4.69) is 49.8 Å². The fourth-order valence-electron chi connectivity index (χ4n) is 1.53. The summed E-state index contributed by atoms with van der Waals surface area (Å²) in [5.74, 6) is 0. The van der Waals surface area contributed by atoms with E-state index in [1.54, 1.807) is 0 Å². The number of benzene rings is 1. The number of hydrogen-bond acceptors (Lipinski definition) is 3. The van der Waals surface area contributed by atoms with Gasteiger partial charge >= 0.3 is 41.5 Å². The zero-order valence-corrected chi connectivity index (χ0v) is 12.2. The molecule has 0 saturated heterocycles. The molecule has 0 amide bonds. The Balaban J connectivity index is 0.000000246. The topological polar surface area (TPSA) is 51.2 Å². The molecule has 0 atom stereocenters. The Labute approximate surface area is 120 Å². The molecule has 0 bridgehead atoms. The number of carbonyl (C=O) groups excluding carboxylic acids is 3. The van der Waals surface area contributed by atoms with Crippen molar-refractivity contribution in [3.8, 4) is 0 Å². The number of hydrogen-bond donors (Lipinski definition) is 0. The van der Waals surface area contributed by atoms with Gasteiger partial charge in [-0.2, -0.15) is 6.08 Å². The summed E-state index contributed by atoms with van der Waals surface area (Å²) in [6, 6.07) is 10.5. The van der Waals surface area contributed by atoms with Crippen LogP contribution in [0, 0.1) is 6.42 Å². The molecule has 0 radical (unpaired) electrons. The van der Waals surface area contributed by atoms with Gasteiger partial charge in [-0.05, 0) is 0 Å². The Morgan fingerprint density at radius 2 is 1.65 bits per heavy atom. The SMILES string of the molecule is CC1=C[CH-]C(c2ccccc2)=CC1.O=[C]=[Cr](=[C]=O)=[C]=O. The van der Waals surface area contributed by atoms with Crippen molar-refractivity contribution in [2.24, 2.45) is 0 Å². The van der Waals surface area contributed by atoms with E-state index in [-0.39, 0.29) is 0 Å². The van der Waals surface area contributed by atoms with Gasteiger partial charge in [0.25, 0.3) is 0 Å². The van der Waals surface area contributed by atoms with Crippen molar-refractivity contribution < 1.29 is 27.2 Å². The zero-order valence-electron chi connectivity index (χ0n) is 11.0. The minimum absolute atomic E-state index is 1.08. The first-order valence-corrected chi connectivity index (χ1v) is 7.76. The Morgan fingerprint density at radius 3 is 2.05 bits per heavy atom. The van der Waals surface area contributed by atoms with Gasteiger partial charge in [0.05, 0.1) is 0 Å². The standard InChI is InChI=1S/C13H13.3CO.Cr/c1-11-7-9-13(10-8-11)12-5-3-2-4-6-12;3*1-2;/h2-7,9-10H,8H2,1H3;;;;/q-1;;;;. The van der Waals surface area contributed by atoms with Gasteiger partial charge in [0.1, 0.15) is 0 Å². The van der Waals surface area contributed by atoms with Gasteiger partial charge in [-0.3, -0.25) is 0 Å². The fourth-order valence-corrected chi connectivity index (χ4v) is 1.69. The maximum absolute atomic E-state index is 9.37. The second-order valence-electron chi connectivity index (χ2n) is 3.97. The molecule has 1 aliphatic carbocycles. The Kier molecular flexibility index (Phi) is 7.04. The molecule has 0 fully saturated rings. The molecule has 0 heterocycles. The first-order chi connectivity index (χ1) is 9.71. The van der Waals surface area contributed by atoms with Crippen LogP contribution in [0.5, 0.6) is 0 Å². The van der Waals surface area contributed by atoms with Crippen LogP contribution in [0.15, 0.2) is 48.1 Å². The number of rotatable bonds is 1. The third-order valence-corrected chi connectivity index (χ3v) is 3.33. The van der Waals surface area contributed by atoms with E-state index in [1.807, 2.05) is 6.07 Å². The third kappa shape index (κ3) is 5.23. The first-order valence-electron chi connectivity index (χ1n) is 5.85. The fraction of sp³-hybridized carbons (Fsp3) is 0.125. The van der Waals surface area contributed by atoms with Crippen LogP contribution in [0.4, 0.5) is 0 Å². The molecule has 0 aromatic heterocycles. The Hall–Kier alpha value is -2.16. The van der Waals surface area contributed by atoms with Gasteiger partial charge in [0.15, 0.2) is 0 Å². The van der Waals surface area contributed by atoms with Crippen LogP contribution in [-0.2, 0) is 27.2 Å². The summed E-state index contributed by atoms with van der Waals surface area (Å²) in [7, 11) is 0. The summed E-state index contributed by atoms with van der Waals surface area (Å²) >= 11 is -2.47. The van der Waals surface area contributed by atoms with Crippen LogP contribution in [-0.4, -0.2) is 14.2 Å². The van der Waals surface area contributed by atoms with Crippen molar-refractivity contribution in [1.29, 1.82) is 0 Å². The summed E-state index contributed by atoms with van der Waals surface area (Å²) in [5, 5.41) is 0. The van der Waals surface area contributed by atoms with Gasteiger partial charge in [-0.15, -0.1) is 23.6 Å². The van der Waals surface area contributed by atoms with E-state index in [4.69, 9.17) is 0 Å². The van der Waals surface area contributed by atoms with E-state index in [0.29, 0.717) is 0 Å². The van der Waals surface area contributed by atoms with Gasteiger partial charge in [-0.25, -0.2) is 0 Å². The van der Waals surface area contributed by atoms with Crippen molar-refractivity contribution in [3.05, 3.63) is 60.0 Å². The molecule has 1 aromatic rings. The molecule has 4 heteroatoms. The summed E-state index contributed by atoms with van der Waals surface area (Å²) < 4.78 is 3.69. The minimum atomic E-state index is -2.47. The molecule has 1 aliphatic rings. The number of allylic oxidation sites excluding steroid dienone is 4. The average Bonchev–Trinajstić information content (AvgIpc) is 2.51. The van der Waals surface area contributed by atoms with Gasteiger partial charge < -0.3 is 0 Å². The molecule has 0 saturated carbocycles. The predicted molar refractivity (Wildman–Crippen MR) is 74.2 cm³/mol. The van der Waals surface area contributed by atoms with Crippen LogP contribution in [0.1, 0.15) is 18.9 Å². The van der Waals surface area contributed by atoms with Crippen molar-refractivity contribution in [1.82, 2.24) is 0 Å². The van der Waals surface area contributed by atoms with Crippen LogP contribution in [0.2, 0.25) is 0 Å². The first kappa shape index (κ1) is 15.9. The second-order valence-corrected chi connectivity index (χ2v) is 5.70. The second kappa shape index (κ2) is 8.86. The molecule has 1 aromatic carbocycles. The molecule has 102 valence electrons. The van der Waals surface area contributed by atoms with Gasteiger partial charge in [0.2, 0.25) is 0 Å².